The van der Waals surface area contributed by atoms with E-state index in [1.807, 2.05) is 0 Å². The van der Waals surface area contributed by atoms with Gasteiger partial charge in [-0.05, 0) is 67.0 Å². The molecule has 1 saturated heterocycles. The van der Waals surface area contributed by atoms with E-state index in [1.54, 1.807) is 23.1 Å². The average molecular weight is 584 g/mol. The van der Waals surface area contributed by atoms with Crippen LogP contribution in [0.4, 0.5) is 10.1 Å². The highest BCUT2D eigenvalue weighted by Gasteiger charge is 2.53. The summed E-state index contributed by atoms with van der Waals surface area (Å²) in [7, 11) is -7.69. The van der Waals surface area contributed by atoms with Crippen LogP contribution in [-0.2, 0) is 31.2 Å². The van der Waals surface area contributed by atoms with Gasteiger partial charge in [0.15, 0.2) is 15.7 Å². The first-order valence-corrected chi connectivity index (χ1v) is 16.4. The number of aliphatic hydroxyl groups excluding tert-OH is 1. The number of sulfone groups is 1. The van der Waals surface area contributed by atoms with Crippen molar-refractivity contribution in [1.29, 1.82) is 0 Å². The number of nitrogens with one attached hydrogen (secondary N) is 1. The molecule has 0 aromatic heterocycles. The normalized spacial score (nSPS) is 29.5. The molecule has 40 heavy (non-hydrogen) atoms. The van der Waals surface area contributed by atoms with Crippen LogP contribution < -0.4 is 5.32 Å². The second-order valence-corrected chi connectivity index (χ2v) is 14.9. The molecule has 2 N–H and O–H groups in total. The monoisotopic (exact) mass is 583 g/mol. The highest BCUT2D eigenvalue weighted by atomic mass is 32.2. The van der Waals surface area contributed by atoms with Gasteiger partial charge >= 0.3 is 0 Å². The van der Waals surface area contributed by atoms with Crippen molar-refractivity contribution < 1.29 is 31.1 Å². The fourth-order valence-corrected chi connectivity index (χ4v) is 10.00. The molecule has 12 heteroatoms. The number of nitrogens with zero attached hydrogens (tertiary/aromatic N) is 2. The van der Waals surface area contributed by atoms with Crippen molar-refractivity contribution in [3.63, 3.8) is 0 Å². The molecule has 0 saturated carbocycles. The zero-order valence-corrected chi connectivity index (χ0v) is 22.9. The summed E-state index contributed by atoms with van der Waals surface area (Å²) in [6, 6.07) is 9.89. The van der Waals surface area contributed by atoms with Gasteiger partial charge in [0.2, 0.25) is 0 Å². The van der Waals surface area contributed by atoms with Gasteiger partial charge in [-0.25, -0.2) is 12.8 Å². The van der Waals surface area contributed by atoms with Crippen molar-refractivity contribution in [2.75, 3.05) is 11.1 Å². The van der Waals surface area contributed by atoms with Crippen molar-refractivity contribution in [2.24, 2.45) is 16.2 Å². The van der Waals surface area contributed by atoms with E-state index in [0.717, 1.165) is 18.4 Å². The number of fused-ring (bicyclic) bond motifs is 5. The molecule has 7 rings (SSSR count). The van der Waals surface area contributed by atoms with E-state index in [0.29, 0.717) is 24.0 Å². The largest absolute Gasteiger partial charge is 0.511 e. The molecule has 0 spiro atoms. The Morgan fingerprint density at radius 3 is 2.58 bits per heavy atom. The van der Waals surface area contributed by atoms with Crippen LogP contribution in [0.25, 0.3) is 0 Å². The lowest BCUT2D eigenvalue weighted by Gasteiger charge is -2.44. The number of halogens is 1. The van der Waals surface area contributed by atoms with Crippen molar-refractivity contribution >= 4 is 37.3 Å². The quantitative estimate of drug-likeness (QED) is 0.524. The van der Waals surface area contributed by atoms with Gasteiger partial charge in [-0.2, -0.15) is 8.42 Å². The van der Waals surface area contributed by atoms with Gasteiger partial charge in [-0.15, -0.1) is 4.40 Å². The fourth-order valence-electron chi connectivity index (χ4n) is 6.90. The minimum absolute atomic E-state index is 0.0593. The van der Waals surface area contributed by atoms with E-state index in [1.165, 1.54) is 24.3 Å². The van der Waals surface area contributed by atoms with Crippen LogP contribution in [0.5, 0.6) is 0 Å². The van der Waals surface area contributed by atoms with E-state index in [9.17, 15) is 31.1 Å². The first-order chi connectivity index (χ1) is 19.0. The summed E-state index contributed by atoms with van der Waals surface area (Å²) in [6.45, 7) is 0.157. The van der Waals surface area contributed by atoms with Crippen LogP contribution in [0.15, 0.2) is 74.7 Å². The molecule has 5 aliphatic rings. The molecule has 9 nitrogen and oxygen atoms in total. The van der Waals surface area contributed by atoms with Gasteiger partial charge in [0, 0.05) is 6.54 Å². The molecule has 1 unspecified atom stereocenters. The van der Waals surface area contributed by atoms with E-state index in [4.69, 9.17) is 0 Å². The summed E-state index contributed by atoms with van der Waals surface area (Å²) in [5, 5.41) is 13.6. The second kappa shape index (κ2) is 8.74. The van der Waals surface area contributed by atoms with Crippen LogP contribution in [0, 0.1) is 17.7 Å². The van der Waals surface area contributed by atoms with E-state index in [2.05, 4.69) is 15.8 Å². The predicted molar refractivity (Wildman–Crippen MR) is 145 cm³/mol. The van der Waals surface area contributed by atoms with Crippen LogP contribution in [0.2, 0.25) is 0 Å². The molecular weight excluding hydrogens is 557 g/mol. The van der Waals surface area contributed by atoms with Crippen LogP contribution in [0.1, 0.15) is 42.1 Å². The number of rotatable bonds is 4. The topological polar surface area (TPSA) is 133 Å². The number of carbonyl (C=O) groups excluding carboxylic acids is 1. The Morgan fingerprint density at radius 1 is 1.07 bits per heavy atom. The molecule has 2 aromatic rings. The Hall–Kier alpha value is -3.51. The van der Waals surface area contributed by atoms with Gasteiger partial charge in [0.05, 0.1) is 28.6 Å². The lowest BCUT2D eigenvalue weighted by Crippen LogP contribution is -2.53. The van der Waals surface area contributed by atoms with Gasteiger partial charge in [0.1, 0.15) is 22.0 Å². The van der Waals surface area contributed by atoms with Gasteiger partial charge in [0.25, 0.3) is 15.9 Å². The third-order valence-electron chi connectivity index (χ3n) is 8.71. The molecule has 4 atom stereocenters. The number of hydrogen-bond acceptors (Lipinski definition) is 7. The smallest absolute Gasteiger partial charge is 0.286 e. The Kier molecular flexibility index (Phi) is 5.56. The van der Waals surface area contributed by atoms with Gasteiger partial charge in [-0.1, -0.05) is 29.8 Å². The fraction of sp³-hybridized carbons (Fsp3) is 0.357. The molecular formula is C28H26FN3O6S2. The van der Waals surface area contributed by atoms with Crippen LogP contribution in [0.3, 0.4) is 0 Å². The highest BCUT2D eigenvalue weighted by molar-refractivity contribution is 7.92. The Morgan fingerprint density at radius 2 is 1.85 bits per heavy atom. The summed E-state index contributed by atoms with van der Waals surface area (Å²) in [5.74, 6) is -1.81. The minimum Gasteiger partial charge on any atom is -0.511 e. The van der Waals surface area contributed by atoms with Gasteiger partial charge < -0.3 is 15.3 Å². The number of hydrogen-bond donors (Lipinski definition) is 2. The molecule has 1 fully saturated rings. The number of anilines is 1. The second-order valence-electron chi connectivity index (χ2n) is 11.0. The Balaban J connectivity index is 1.28. The highest BCUT2D eigenvalue weighted by Crippen LogP contribution is 2.51. The lowest BCUT2D eigenvalue weighted by atomic mass is 9.77. The minimum atomic E-state index is -4.33. The predicted octanol–water partition coefficient (Wildman–Crippen LogP) is 3.78. The first-order valence-electron chi connectivity index (χ1n) is 13.2. The summed E-state index contributed by atoms with van der Waals surface area (Å²) >= 11 is 0. The zero-order chi connectivity index (χ0) is 28.0. The Bertz CT molecular complexity index is 1780. The van der Waals surface area contributed by atoms with E-state index >= 15 is 0 Å². The van der Waals surface area contributed by atoms with Crippen molar-refractivity contribution in [3.05, 3.63) is 82.4 Å². The SMILES string of the molecule is O=C1C(C2=NS(=O)(=O)c3cc(C4CCCS4(=O)=O)ccc3N2)=C(O)[C@@H]2C3=C[C@@H](CC3)[C@@H]2N1Cc1ccc(F)cc1. The molecule has 208 valence electrons. The molecule has 1 amide bonds. The third-order valence-corrected chi connectivity index (χ3v) is 12.3. The summed E-state index contributed by atoms with van der Waals surface area (Å²) < 4.78 is 69.1. The first kappa shape index (κ1) is 25.5. The third kappa shape index (κ3) is 3.83. The van der Waals surface area contributed by atoms with Crippen molar-refractivity contribution in [3.8, 4) is 0 Å². The summed E-state index contributed by atoms with van der Waals surface area (Å²) in [6.07, 6.45) is 4.64. The maximum absolute atomic E-state index is 14.0. The van der Waals surface area contributed by atoms with Crippen LogP contribution >= 0.6 is 0 Å². The molecule has 3 heterocycles. The molecule has 2 aromatic carbocycles. The summed E-state index contributed by atoms with van der Waals surface area (Å²) in [5.41, 5.74) is 2.03. The van der Waals surface area contributed by atoms with Crippen molar-refractivity contribution in [2.45, 2.75) is 48.4 Å². The number of benzene rings is 2. The number of amidine groups is 1. The van der Waals surface area contributed by atoms with Gasteiger partial charge in [-0.3, -0.25) is 4.79 Å². The van der Waals surface area contributed by atoms with Crippen LogP contribution in [-0.4, -0.2) is 50.4 Å². The number of carbonyl (C=O) groups is 1. The number of amides is 1. The maximum Gasteiger partial charge on any atom is 0.286 e. The maximum atomic E-state index is 14.0. The molecule has 0 radical (unpaired) electrons. The Labute approximate surface area is 231 Å². The summed E-state index contributed by atoms with van der Waals surface area (Å²) in [4.78, 5) is 15.4. The number of sulfonamides is 1. The van der Waals surface area contributed by atoms with E-state index in [-0.39, 0.29) is 52.0 Å². The molecule has 3 aliphatic heterocycles. The zero-order valence-electron chi connectivity index (χ0n) is 21.2. The van der Waals surface area contributed by atoms with Crippen molar-refractivity contribution in [1.82, 2.24) is 4.90 Å². The van der Waals surface area contributed by atoms with E-state index < -0.39 is 42.8 Å². The lowest BCUT2D eigenvalue weighted by molar-refractivity contribution is -0.133. The number of aliphatic hydroxyl groups is 1. The molecule has 2 bridgehead atoms. The average Bonchev–Trinajstić information content (AvgIpc) is 3.62. The standard InChI is InChI=1S/C28H26FN3O6S2/c29-19-8-3-15(4-9-19)14-32-25-18-6-5-17(12-18)23(25)26(33)24(28(32)34)27-30-20-10-7-16(13-22(20)40(37,38)31-27)21-2-1-11-39(21,35)36/h3-4,7-10,12-13,18,21,23,25,33H,1-2,5-6,11,14H2,(H,30,31)/t18-,21?,23-,25+/m1/s1. The molecule has 2 aliphatic carbocycles.